The number of nitrogens with zero attached hydrogens (tertiary/aromatic N) is 4. The lowest BCUT2D eigenvalue weighted by Gasteiger charge is -2.15. The van der Waals surface area contributed by atoms with E-state index in [4.69, 9.17) is 4.74 Å². The number of nitrogens with one attached hydrogen (secondary N) is 1. The van der Waals surface area contributed by atoms with E-state index in [0.29, 0.717) is 23.4 Å². The number of carbonyl (C=O) groups excluding carboxylic acids is 1. The Morgan fingerprint density at radius 2 is 2.00 bits per heavy atom. The number of fused-ring (bicyclic) bond motifs is 2. The monoisotopic (exact) mass is 401 g/mol. The van der Waals surface area contributed by atoms with Crippen LogP contribution >= 0.6 is 0 Å². The summed E-state index contributed by atoms with van der Waals surface area (Å²) >= 11 is 0. The zero-order valence-electron chi connectivity index (χ0n) is 16.3. The third-order valence-electron chi connectivity index (χ3n) is 5.29. The van der Waals surface area contributed by atoms with E-state index in [2.05, 4.69) is 15.1 Å². The first-order valence-corrected chi connectivity index (χ1v) is 9.58. The second-order valence-corrected chi connectivity index (χ2v) is 7.20. The molecule has 0 aliphatic carbocycles. The molecule has 0 saturated carbocycles. The largest absolute Gasteiger partial charge is 0.497 e. The van der Waals surface area contributed by atoms with Gasteiger partial charge in [-0.25, -0.2) is 9.50 Å². The number of amides is 1. The molecule has 0 saturated heterocycles. The van der Waals surface area contributed by atoms with Crippen molar-refractivity contribution >= 4 is 11.6 Å². The molecule has 4 heterocycles. The van der Waals surface area contributed by atoms with Crippen LogP contribution in [0.2, 0.25) is 0 Å². The smallest absolute Gasteiger partial charge is 0.278 e. The van der Waals surface area contributed by atoms with Crippen molar-refractivity contribution in [1.82, 2.24) is 24.5 Å². The van der Waals surface area contributed by atoms with Crippen LogP contribution in [0.1, 0.15) is 16.8 Å². The Morgan fingerprint density at radius 1 is 1.17 bits per heavy atom. The second kappa shape index (κ2) is 7.14. The van der Waals surface area contributed by atoms with Crippen LogP contribution in [0.3, 0.4) is 0 Å². The fourth-order valence-corrected chi connectivity index (χ4v) is 3.68. The maximum Gasteiger partial charge on any atom is 0.278 e. The summed E-state index contributed by atoms with van der Waals surface area (Å²) in [5.74, 6) is 0.706. The van der Waals surface area contributed by atoms with E-state index in [9.17, 15) is 9.59 Å². The maximum absolute atomic E-state index is 13.0. The molecule has 3 aromatic heterocycles. The predicted molar refractivity (Wildman–Crippen MR) is 110 cm³/mol. The van der Waals surface area contributed by atoms with Gasteiger partial charge in [-0.2, -0.15) is 0 Å². The number of benzene rings is 1. The molecule has 1 N–H and O–H groups in total. The molecule has 0 bridgehead atoms. The summed E-state index contributed by atoms with van der Waals surface area (Å²) in [6, 6.07) is 14.8. The van der Waals surface area contributed by atoms with Crippen LogP contribution in [0, 0.1) is 0 Å². The highest BCUT2D eigenvalue weighted by Gasteiger charge is 2.28. The molecule has 5 rings (SSSR count). The van der Waals surface area contributed by atoms with Gasteiger partial charge in [0.1, 0.15) is 5.75 Å². The molecule has 1 aliphatic rings. The van der Waals surface area contributed by atoms with Crippen molar-refractivity contribution < 1.29 is 9.53 Å². The van der Waals surface area contributed by atoms with Crippen molar-refractivity contribution in [2.45, 2.75) is 19.5 Å². The molecule has 30 heavy (non-hydrogen) atoms. The van der Waals surface area contributed by atoms with Gasteiger partial charge in [0.05, 0.1) is 49.3 Å². The number of rotatable bonds is 4. The molecule has 8 nitrogen and oxygen atoms in total. The zero-order chi connectivity index (χ0) is 20.7. The molecule has 0 atom stereocenters. The fourth-order valence-electron chi connectivity index (χ4n) is 3.68. The van der Waals surface area contributed by atoms with Gasteiger partial charge in [0, 0.05) is 12.3 Å². The topological polar surface area (TPSA) is 92.6 Å². The molecule has 0 fully saturated rings. The normalized spacial score (nSPS) is 12.9. The van der Waals surface area contributed by atoms with Crippen LogP contribution in [0.4, 0.5) is 0 Å². The lowest BCUT2D eigenvalue weighted by molar-refractivity contribution is -0.131. The zero-order valence-corrected chi connectivity index (χ0v) is 16.3. The Balaban J connectivity index is 1.39. The van der Waals surface area contributed by atoms with Crippen LogP contribution in [-0.2, 0) is 24.3 Å². The molecule has 8 heteroatoms. The van der Waals surface area contributed by atoms with Crippen molar-refractivity contribution in [1.29, 1.82) is 0 Å². The summed E-state index contributed by atoms with van der Waals surface area (Å²) in [6.07, 6.45) is 1.96. The minimum Gasteiger partial charge on any atom is -0.497 e. The van der Waals surface area contributed by atoms with Gasteiger partial charge in [-0.05, 0) is 29.8 Å². The first kappa shape index (κ1) is 18.1. The van der Waals surface area contributed by atoms with Crippen LogP contribution in [-0.4, -0.2) is 37.5 Å². The molecule has 0 radical (unpaired) electrons. The quantitative estimate of drug-likeness (QED) is 0.566. The number of pyridine rings is 1. The molecule has 150 valence electrons. The standard InChI is InChI=1S/C22H19N5O3/c1-30-15-7-5-14(6-8-15)10-21(28)26-12-16-19(13-26)24-20-11-18(25-27(20)22(16)29)17-4-2-3-9-23-17/h2-9,11,25H,10,12-13H2,1H3. The molecule has 1 aliphatic heterocycles. The summed E-state index contributed by atoms with van der Waals surface area (Å²) in [5.41, 5.74) is 3.88. The van der Waals surface area contributed by atoms with Crippen LogP contribution in [0.25, 0.3) is 17.0 Å². The summed E-state index contributed by atoms with van der Waals surface area (Å²) in [6.45, 7) is 0.594. The Labute approximate surface area is 171 Å². The van der Waals surface area contributed by atoms with E-state index in [1.54, 1.807) is 24.3 Å². The number of hydrogen-bond acceptors (Lipinski definition) is 5. The van der Waals surface area contributed by atoms with Gasteiger partial charge in [-0.3, -0.25) is 19.7 Å². The molecule has 1 aromatic carbocycles. The highest BCUT2D eigenvalue weighted by Crippen LogP contribution is 2.22. The second-order valence-electron chi connectivity index (χ2n) is 7.20. The number of aromatic nitrogens is 4. The Hall–Kier alpha value is -3.94. The highest BCUT2D eigenvalue weighted by atomic mass is 16.5. The maximum atomic E-state index is 13.0. The number of aromatic amines is 1. The number of carbonyl (C=O) groups is 1. The first-order valence-electron chi connectivity index (χ1n) is 9.58. The molecule has 1 amide bonds. The van der Waals surface area contributed by atoms with Gasteiger partial charge in [0.15, 0.2) is 5.65 Å². The minimum atomic E-state index is -0.183. The van der Waals surface area contributed by atoms with Gasteiger partial charge in [-0.15, -0.1) is 0 Å². The fraction of sp³-hybridized carbons (Fsp3) is 0.182. The van der Waals surface area contributed by atoms with Gasteiger partial charge < -0.3 is 9.64 Å². The molecule has 0 spiro atoms. The first-order chi connectivity index (χ1) is 14.6. The average molecular weight is 401 g/mol. The van der Waals surface area contributed by atoms with E-state index in [1.165, 1.54) is 4.52 Å². The van der Waals surface area contributed by atoms with Crippen LogP contribution in [0.15, 0.2) is 59.5 Å². The molecule has 0 unspecified atom stereocenters. The van der Waals surface area contributed by atoms with E-state index < -0.39 is 0 Å². The SMILES string of the molecule is COc1ccc(CC(=O)N2Cc3nc4cc(-c5ccccn5)[nH]n4c(=O)c3C2)cc1. The van der Waals surface area contributed by atoms with Crippen molar-refractivity contribution in [3.8, 4) is 17.1 Å². The Bertz CT molecular complexity index is 1290. The molecular formula is C22H19N5O3. The summed E-state index contributed by atoms with van der Waals surface area (Å²) in [5, 5.41) is 3.07. The lowest BCUT2D eigenvalue weighted by atomic mass is 10.1. The Kier molecular flexibility index (Phi) is 4.31. The summed E-state index contributed by atoms with van der Waals surface area (Å²) in [4.78, 5) is 36.3. The number of methoxy groups -OCH3 is 1. The summed E-state index contributed by atoms with van der Waals surface area (Å²) < 4.78 is 6.57. The molecule has 4 aromatic rings. The lowest BCUT2D eigenvalue weighted by Crippen LogP contribution is -2.28. The molecular weight excluding hydrogens is 382 g/mol. The van der Waals surface area contributed by atoms with E-state index in [-0.39, 0.29) is 24.4 Å². The van der Waals surface area contributed by atoms with Crippen molar-refractivity contribution in [3.63, 3.8) is 0 Å². The van der Waals surface area contributed by atoms with Gasteiger partial charge in [0.2, 0.25) is 5.91 Å². The average Bonchev–Trinajstić information content (AvgIpc) is 3.40. The predicted octanol–water partition coefficient (Wildman–Crippen LogP) is 2.18. The van der Waals surface area contributed by atoms with Crippen LogP contribution < -0.4 is 10.3 Å². The third-order valence-corrected chi connectivity index (χ3v) is 5.29. The van der Waals surface area contributed by atoms with Gasteiger partial charge in [0.25, 0.3) is 5.56 Å². The highest BCUT2D eigenvalue weighted by molar-refractivity contribution is 5.79. The van der Waals surface area contributed by atoms with Crippen molar-refractivity contribution in [3.05, 3.63) is 81.9 Å². The number of H-pyrrole nitrogens is 1. The third kappa shape index (κ3) is 3.12. The van der Waals surface area contributed by atoms with Gasteiger partial charge >= 0.3 is 0 Å². The van der Waals surface area contributed by atoms with Crippen molar-refractivity contribution in [2.75, 3.05) is 7.11 Å². The van der Waals surface area contributed by atoms with E-state index >= 15 is 0 Å². The van der Waals surface area contributed by atoms with E-state index in [1.807, 2.05) is 42.5 Å². The minimum absolute atomic E-state index is 0.0413. The summed E-state index contributed by atoms with van der Waals surface area (Å²) in [7, 11) is 1.61. The van der Waals surface area contributed by atoms with Gasteiger partial charge in [-0.1, -0.05) is 18.2 Å². The Morgan fingerprint density at radius 3 is 2.73 bits per heavy atom. The van der Waals surface area contributed by atoms with Crippen LogP contribution in [0.5, 0.6) is 5.75 Å². The number of hydrogen-bond donors (Lipinski definition) is 1. The number of ether oxygens (including phenoxy) is 1. The van der Waals surface area contributed by atoms with Crippen molar-refractivity contribution in [2.24, 2.45) is 0 Å². The van der Waals surface area contributed by atoms with E-state index in [0.717, 1.165) is 22.7 Å².